The van der Waals surface area contributed by atoms with Crippen LogP contribution < -0.4 is 5.43 Å². The minimum Gasteiger partial charge on any atom is -0.340 e. The van der Waals surface area contributed by atoms with E-state index in [-0.39, 0.29) is 5.82 Å². The van der Waals surface area contributed by atoms with Crippen molar-refractivity contribution in [2.45, 2.75) is 19.6 Å². The van der Waals surface area contributed by atoms with Crippen LogP contribution in [0.2, 0.25) is 0 Å². The lowest BCUT2D eigenvalue weighted by Crippen LogP contribution is -2.05. The van der Waals surface area contributed by atoms with Crippen molar-refractivity contribution in [2.24, 2.45) is 5.10 Å². The molecule has 2 aromatic heterocycles. The number of nitrogens with zero attached hydrogens (tertiary/aromatic N) is 3. The number of nitrogens with one attached hydrogen (secondary N) is 1. The van der Waals surface area contributed by atoms with E-state index < -0.39 is 11.7 Å². The van der Waals surface area contributed by atoms with E-state index in [2.05, 4.69) is 38.3 Å². The Morgan fingerprint density at radius 3 is 2.43 bits per heavy atom. The predicted octanol–water partition coefficient (Wildman–Crippen LogP) is 5.86. The molecule has 4 nitrogen and oxygen atoms in total. The number of fused-ring (bicyclic) bond motifs is 1. The Kier molecular flexibility index (Phi) is 5.27. The van der Waals surface area contributed by atoms with Gasteiger partial charge in [-0.1, -0.05) is 48.5 Å². The van der Waals surface area contributed by atoms with E-state index in [1.165, 1.54) is 11.6 Å². The molecule has 0 aliphatic rings. The zero-order valence-corrected chi connectivity index (χ0v) is 16.2. The van der Waals surface area contributed by atoms with E-state index in [0.717, 1.165) is 41.0 Å². The molecule has 0 saturated heterocycles. The van der Waals surface area contributed by atoms with Crippen molar-refractivity contribution in [1.82, 2.24) is 9.55 Å². The molecule has 0 unspecified atom stereocenters. The van der Waals surface area contributed by atoms with E-state index >= 15 is 0 Å². The Morgan fingerprint density at radius 1 is 1.00 bits per heavy atom. The summed E-state index contributed by atoms with van der Waals surface area (Å²) in [5.74, 6) is 0.241. The van der Waals surface area contributed by atoms with Gasteiger partial charge in [0.15, 0.2) is 0 Å². The van der Waals surface area contributed by atoms with Crippen LogP contribution in [0.5, 0.6) is 0 Å². The summed E-state index contributed by atoms with van der Waals surface area (Å²) in [6.45, 7) is 2.76. The highest BCUT2D eigenvalue weighted by Crippen LogP contribution is 2.29. The van der Waals surface area contributed by atoms with Crippen LogP contribution in [0.15, 0.2) is 78.0 Å². The van der Waals surface area contributed by atoms with E-state index in [9.17, 15) is 13.2 Å². The van der Waals surface area contributed by atoms with Crippen LogP contribution in [0.3, 0.4) is 0 Å². The Morgan fingerprint density at radius 2 is 1.73 bits per heavy atom. The molecule has 0 aliphatic heterocycles. The second kappa shape index (κ2) is 8.02. The first-order valence-electron chi connectivity index (χ1n) is 9.37. The van der Waals surface area contributed by atoms with Gasteiger partial charge in [-0.05, 0) is 30.7 Å². The number of pyridine rings is 1. The van der Waals surface area contributed by atoms with Crippen molar-refractivity contribution in [3.05, 3.63) is 95.3 Å². The molecule has 152 valence electrons. The van der Waals surface area contributed by atoms with E-state index in [1.807, 2.05) is 43.3 Å². The van der Waals surface area contributed by atoms with Crippen molar-refractivity contribution in [3.63, 3.8) is 0 Å². The lowest BCUT2D eigenvalue weighted by molar-refractivity contribution is -0.137. The summed E-state index contributed by atoms with van der Waals surface area (Å²) in [5.41, 5.74) is 6.18. The number of hydrogen-bond donors (Lipinski definition) is 1. The Bertz CT molecular complexity index is 1180. The molecule has 0 radical (unpaired) electrons. The maximum atomic E-state index is 12.7. The molecule has 4 aromatic rings. The largest absolute Gasteiger partial charge is 0.417 e. The fraction of sp³-hybridized carbons (Fsp3) is 0.130. The second-order valence-corrected chi connectivity index (χ2v) is 6.89. The molecule has 0 saturated carbocycles. The molecular weight excluding hydrogens is 389 g/mol. The number of aromatic nitrogens is 2. The number of hydrogen-bond acceptors (Lipinski definition) is 3. The van der Waals surface area contributed by atoms with Gasteiger partial charge < -0.3 is 4.57 Å². The van der Waals surface area contributed by atoms with Gasteiger partial charge in [-0.2, -0.15) is 18.3 Å². The van der Waals surface area contributed by atoms with Gasteiger partial charge in [0.1, 0.15) is 5.82 Å². The van der Waals surface area contributed by atoms with Gasteiger partial charge >= 0.3 is 6.18 Å². The first-order chi connectivity index (χ1) is 14.4. The van der Waals surface area contributed by atoms with Crippen molar-refractivity contribution in [2.75, 3.05) is 5.43 Å². The summed E-state index contributed by atoms with van der Waals surface area (Å²) in [4.78, 5) is 3.77. The molecular formula is C23H19F3N4. The second-order valence-electron chi connectivity index (χ2n) is 6.89. The summed E-state index contributed by atoms with van der Waals surface area (Å²) in [6, 6.07) is 20.5. The zero-order chi connectivity index (χ0) is 21.1. The number of rotatable bonds is 5. The van der Waals surface area contributed by atoms with Crippen LogP contribution in [0, 0.1) is 6.92 Å². The molecule has 0 fully saturated rings. The van der Waals surface area contributed by atoms with Crippen molar-refractivity contribution >= 4 is 22.9 Å². The molecule has 4 rings (SSSR count). The maximum Gasteiger partial charge on any atom is 0.417 e. The number of hydrazone groups is 1. The van der Waals surface area contributed by atoms with E-state index in [1.54, 1.807) is 6.21 Å². The number of anilines is 1. The highest BCUT2D eigenvalue weighted by atomic mass is 19.4. The van der Waals surface area contributed by atoms with Crippen molar-refractivity contribution < 1.29 is 13.2 Å². The van der Waals surface area contributed by atoms with Crippen LogP contribution in [0.4, 0.5) is 19.0 Å². The zero-order valence-electron chi connectivity index (χ0n) is 16.2. The van der Waals surface area contributed by atoms with Gasteiger partial charge in [-0.3, -0.25) is 5.43 Å². The SMILES string of the molecule is Cc1c(/C=N\Nc2ccc(C(F)(F)F)cn2)c2ccccc2n1Cc1ccccc1. The first kappa shape index (κ1) is 19.7. The summed E-state index contributed by atoms with van der Waals surface area (Å²) < 4.78 is 40.2. The van der Waals surface area contributed by atoms with Crippen molar-refractivity contribution in [1.29, 1.82) is 0 Å². The molecule has 1 N–H and O–H groups in total. The van der Waals surface area contributed by atoms with Crippen LogP contribution in [-0.2, 0) is 12.7 Å². The number of para-hydroxylation sites is 1. The highest BCUT2D eigenvalue weighted by molar-refractivity contribution is 6.01. The van der Waals surface area contributed by atoms with Crippen LogP contribution in [0.25, 0.3) is 10.9 Å². The molecule has 0 spiro atoms. The standard InChI is InChI=1S/C23H19F3N4/c1-16-20(14-28-29-22-12-11-18(13-27-22)23(24,25)26)19-9-5-6-10-21(19)30(16)15-17-7-3-2-4-8-17/h2-14H,15H2,1H3,(H,27,29)/b28-14-. The topological polar surface area (TPSA) is 42.2 Å². The van der Waals surface area contributed by atoms with Crippen LogP contribution in [-0.4, -0.2) is 15.8 Å². The lowest BCUT2D eigenvalue weighted by atomic mass is 10.1. The molecule has 2 heterocycles. The summed E-state index contributed by atoms with van der Waals surface area (Å²) in [7, 11) is 0. The smallest absolute Gasteiger partial charge is 0.340 e. The molecule has 2 aromatic carbocycles. The van der Waals surface area contributed by atoms with Gasteiger partial charge in [0, 0.05) is 34.9 Å². The van der Waals surface area contributed by atoms with Crippen LogP contribution in [0.1, 0.15) is 22.4 Å². The summed E-state index contributed by atoms with van der Waals surface area (Å²) in [5, 5.41) is 5.26. The van der Waals surface area contributed by atoms with Gasteiger partial charge in [-0.25, -0.2) is 4.98 Å². The fourth-order valence-corrected chi connectivity index (χ4v) is 3.38. The third-order valence-corrected chi connectivity index (χ3v) is 4.93. The quantitative estimate of drug-likeness (QED) is 0.332. The Labute approximate surface area is 171 Å². The molecule has 30 heavy (non-hydrogen) atoms. The monoisotopic (exact) mass is 408 g/mol. The van der Waals surface area contributed by atoms with Gasteiger partial charge in [0.05, 0.1) is 11.8 Å². The average molecular weight is 408 g/mol. The normalized spacial score (nSPS) is 12.0. The molecule has 7 heteroatoms. The summed E-state index contributed by atoms with van der Waals surface area (Å²) in [6.07, 6.45) is -1.94. The third-order valence-electron chi connectivity index (χ3n) is 4.93. The third kappa shape index (κ3) is 4.05. The predicted molar refractivity (Wildman–Crippen MR) is 113 cm³/mol. The van der Waals surface area contributed by atoms with E-state index in [0.29, 0.717) is 0 Å². The Balaban J connectivity index is 1.60. The highest BCUT2D eigenvalue weighted by Gasteiger charge is 2.30. The minimum atomic E-state index is -4.41. The molecule has 0 amide bonds. The van der Waals surface area contributed by atoms with Crippen molar-refractivity contribution in [3.8, 4) is 0 Å². The summed E-state index contributed by atoms with van der Waals surface area (Å²) >= 11 is 0. The van der Waals surface area contributed by atoms with Crippen LogP contribution >= 0.6 is 0 Å². The first-order valence-corrected chi connectivity index (χ1v) is 9.37. The molecule has 0 atom stereocenters. The maximum absolute atomic E-state index is 12.7. The van der Waals surface area contributed by atoms with E-state index in [4.69, 9.17) is 0 Å². The average Bonchev–Trinajstić information content (AvgIpc) is 3.00. The van der Waals surface area contributed by atoms with Gasteiger partial charge in [0.2, 0.25) is 0 Å². The Hall–Kier alpha value is -3.61. The molecule has 0 bridgehead atoms. The molecule has 0 aliphatic carbocycles. The fourth-order valence-electron chi connectivity index (χ4n) is 3.38. The number of halogens is 3. The van der Waals surface area contributed by atoms with Gasteiger partial charge in [0.25, 0.3) is 0 Å². The van der Waals surface area contributed by atoms with Gasteiger partial charge in [-0.15, -0.1) is 0 Å². The number of alkyl halides is 3. The minimum absolute atomic E-state index is 0.241. The lowest BCUT2D eigenvalue weighted by Gasteiger charge is -2.08. The number of benzene rings is 2.